The predicted octanol–water partition coefficient (Wildman–Crippen LogP) is 2.10. The smallest absolute Gasteiger partial charge is 0.239 e. The molecule has 0 bridgehead atoms. The zero-order chi connectivity index (χ0) is 12.4. The van der Waals surface area contributed by atoms with Crippen molar-refractivity contribution in [2.45, 2.75) is 13.8 Å². The average Bonchev–Trinajstić information content (AvgIpc) is 2.58. The van der Waals surface area contributed by atoms with Crippen molar-refractivity contribution in [3.63, 3.8) is 0 Å². The number of pyridine rings is 1. The summed E-state index contributed by atoms with van der Waals surface area (Å²) in [6.45, 7) is 3.73. The molecule has 0 amide bonds. The average molecular weight is 228 g/mol. The van der Waals surface area contributed by atoms with E-state index >= 15 is 0 Å². The van der Waals surface area contributed by atoms with Crippen molar-refractivity contribution in [2.24, 2.45) is 7.05 Å². The molecular weight excluding hydrogens is 216 g/mol. The fourth-order valence-electron chi connectivity index (χ4n) is 1.48. The summed E-state index contributed by atoms with van der Waals surface area (Å²) in [7, 11) is 1.78. The van der Waals surface area contributed by atoms with E-state index in [-0.39, 0.29) is 0 Å². The van der Waals surface area contributed by atoms with E-state index in [0.29, 0.717) is 17.3 Å². The molecule has 0 aliphatic rings. The van der Waals surface area contributed by atoms with Crippen molar-refractivity contribution in [3.8, 4) is 17.8 Å². The van der Waals surface area contributed by atoms with Crippen LogP contribution < -0.4 is 4.74 Å². The van der Waals surface area contributed by atoms with E-state index in [2.05, 4.69) is 16.2 Å². The molecule has 5 heteroatoms. The number of hydrogen-bond donors (Lipinski definition) is 0. The van der Waals surface area contributed by atoms with Crippen LogP contribution in [-0.2, 0) is 7.05 Å². The summed E-state index contributed by atoms with van der Waals surface area (Å²) in [4.78, 5) is 4.20. The van der Waals surface area contributed by atoms with Gasteiger partial charge in [-0.05, 0) is 26.0 Å². The molecule has 17 heavy (non-hydrogen) atoms. The summed E-state index contributed by atoms with van der Waals surface area (Å²) in [5, 5.41) is 13.1. The van der Waals surface area contributed by atoms with E-state index in [0.717, 1.165) is 11.4 Å². The molecule has 0 fully saturated rings. The molecule has 2 aromatic rings. The summed E-state index contributed by atoms with van der Waals surface area (Å²) >= 11 is 0. The van der Waals surface area contributed by atoms with Crippen molar-refractivity contribution in [3.05, 3.63) is 35.2 Å². The van der Waals surface area contributed by atoms with Gasteiger partial charge in [0.25, 0.3) is 0 Å². The molecule has 0 spiro atoms. The number of rotatable bonds is 2. The molecule has 86 valence electrons. The van der Waals surface area contributed by atoms with Crippen molar-refractivity contribution >= 4 is 0 Å². The molecule has 2 heterocycles. The van der Waals surface area contributed by atoms with Crippen LogP contribution in [0.1, 0.15) is 17.0 Å². The molecule has 0 aromatic carbocycles. The highest BCUT2D eigenvalue weighted by molar-refractivity contribution is 5.40. The fourth-order valence-corrected chi connectivity index (χ4v) is 1.48. The molecule has 0 N–H and O–H groups in total. The third-order valence-corrected chi connectivity index (χ3v) is 2.28. The second kappa shape index (κ2) is 4.26. The lowest BCUT2D eigenvalue weighted by molar-refractivity contribution is 0.413. The Morgan fingerprint density at radius 3 is 2.65 bits per heavy atom. The highest BCUT2D eigenvalue weighted by Crippen LogP contribution is 2.23. The molecule has 0 saturated carbocycles. The monoisotopic (exact) mass is 228 g/mol. The third-order valence-electron chi connectivity index (χ3n) is 2.28. The molecule has 2 aromatic heterocycles. The molecule has 0 aliphatic carbocycles. The number of nitriles is 1. The molecule has 0 atom stereocenters. The minimum absolute atomic E-state index is 0.315. The number of ether oxygens (including phenoxy) is 1. The van der Waals surface area contributed by atoms with Gasteiger partial charge in [0.2, 0.25) is 11.8 Å². The zero-order valence-corrected chi connectivity index (χ0v) is 9.93. The Balaban J connectivity index is 2.39. The van der Waals surface area contributed by atoms with Crippen LogP contribution in [0.25, 0.3) is 0 Å². The Labute approximate surface area is 99.3 Å². The lowest BCUT2D eigenvalue weighted by atomic mass is 10.2. The molecule has 0 saturated heterocycles. The highest BCUT2D eigenvalue weighted by Gasteiger charge is 2.10. The second-order valence-electron chi connectivity index (χ2n) is 3.77. The Hall–Kier alpha value is -2.35. The quantitative estimate of drug-likeness (QED) is 0.789. The number of aromatic nitrogens is 3. The van der Waals surface area contributed by atoms with Gasteiger partial charge in [-0.15, -0.1) is 0 Å². The zero-order valence-electron chi connectivity index (χ0n) is 9.93. The third kappa shape index (κ3) is 2.26. The second-order valence-corrected chi connectivity index (χ2v) is 3.77. The lowest BCUT2D eigenvalue weighted by Crippen LogP contribution is -1.98. The van der Waals surface area contributed by atoms with E-state index < -0.39 is 0 Å². The molecule has 0 radical (unpaired) electrons. The number of hydrogen-bond acceptors (Lipinski definition) is 4. The Morgan fingerprint density at radius 1 is 1.29 bits per heavy atom. The molecular formula is C12H12N4O. The highest BCUT2D eigenvalue weighted by atomic mass is 16.5. The van der Waals surface area contributed by atoms with E-state index in [4.69, 9.17) is 10.00 Å². The fraction of sp³-hybridized carbons (Fsp3) is 0.250. The first-order valence-electron chi connectivity index (χ1n) is 5.16. The maximum Gasteiger partial charge on any atom is 0.239 e. The summed E-state index contributed by atoms with van der Waals surface area (Å²) < 4.78 is 7.21. The first-order valence-corrected chi connectivity index (χ1v) is 5.16. The first kappa shape index (κ1) is 11.1. The largest absolute Gasteiger partial charge is 0.420 e. The Morgan fingerprint density at radius 2 is 2.06 bits per heavy atom. The summed E-state index contributed by atoms with van der Waals surface area (Å²) in [6, 6.07) is 7.32. The van der Waals surface area contributed by atoms with E-state index in [1.165, 1.54) is 0 Å². The first-order chi connectivity index (χ1) is 8.10. The van der Waals surface area contributed by atoms with Crippen LogP contribution in [-0.4, -0.2) is 14.8 Å². The number of nitrogens with zero attached hydrogens (tertiary/aromatic N) is 4. The van der Waals surface area contributed by atoms with Crippen LogP contribution in [0.4, 0.5) is 0 Å². The Kier molecular flexibility index (Phi) is 2.79. The summed E-state index contributed by atoms with van der Waals surface area (Å²) in [5.74, 6) is 0.882. The Bertz CT molecular complexity index is 595. The van der Waals surface area contributed by atoms with Crippen LogP contribution in [0.15, 0.2) is 18.2 Å². The maximum atomic E-state index is 8.97. The van der Waals surface area contributed by atoms with E-state index in [9.17, 15) is 0 Å². The van der Waals surface area contributed by atoms with E-state index in [1.807, 2.05) is 13.8 Å². The molecule has 0 unspecified atom stereocenters. The van der Waals surface area contributed by atoms with E-state index in [1.54, 1.807) is 29.9 Å². The van der Waals surface area contributed by atoms with Crippen LogP contribution in [0.2, 0.25) is 0 Å². The van der Waals surface area contributed by atoms with Crippen molar-refractivity contribution in [2.75, 3.05) is 0 Å². The van der Waals surface area contributed by atoms with Gasteiger partial charge >= 0.3 is 0 Å². The van der Waals surface area contributed by atoms with Crippen LogP contribution in [0.5, 0.6) is 11.8 Å². The molecule has 5 nitrogen and oxygen atoms in total. The summed E-state index contributed by atoms with van der Waals surface area (Å²) in [6.07, 6.45) is 0. The van der Waals surface area contributed by atoms with Gasteiger partial charge in [0.05, 0.1) is 5.69 Å². The van der Waals surface area contributed by atoms with Gasteiger partial charge in [-0.3, -0.25) is 0 Å². The van der Waals surface area contributed by atoms with Gasteiger partial charge in [0, 0.05) is 18.8 Å². The minimum atomic E-state index is 0.315. The van der Waals surface area contributed by atoms with Gasteiger partial charge in [-0.1, -0.05) is 0 Å². The normalized spacial score (nSPS) is 10.0. The lowest BCUT2D eigenvalue weighted by Gasteiger charge is -2.06. The van der Waals surface area contributed by atoms with Gasteiger partial charge in [-0.25, -0.2) is 9.67 Å². The van der Waals surface area contributed by atoms with Crippen molar-refractivity contribution in [1.82, 2.24) is 14.8 Å². The van der Waals surface area contributed by atoms with Gasteiger partial charge < -0.3 is 4.74 Å². The van der Waals surface area contributed by atoms with Crippen molar-refractivity contribution in [1.29, 1.82) is 5.26 Å². The molecule has 2 rings (SSSR count). The predicted molar refractivity (Wildman–Crippen MR) is 61.7 cm³/mol. The van der Waals surface area contributed by atoms with Crippen LogP contribution in [0, 0.1) is 25.2 Å². The molecule has 0 aliphatic heterocycles. The SMILES string of the molecule is Cc1ccc(C#N)c(Oc2cc(C)nn2C)n1. The van der Waals surface area contributed by atoms with Gasteiger partial charge in [-0.2, -0.15) is 10.4 Å². The van der Waals surface area contributed by atoms with Gasteiger partial charge in [0.15, 0.2) is 0 Å². The summed E-state index contributed by atoms with van der Waals surface area (Å²) in [5.41, 5.74) is 2.07. The standard InChI is InChI=1S/C12H12N4O/c1-8-4-5-10(7-13)12(14-8)17-11-6-9(2)15-16(11)3/h4-6H,1-3H3. The van der Waals surface area contributed by atoms with Crippen LogP contribution >= 0.6 is 0 Å². The van der Waals surface area contributed by atoms with Crippen LogP contribution in [0.3, 0.4) is 0 Å². The van der Waals surface area contributed by atoms with Crippen molar-refractivity contribution < 1.29 is 4.74 Å². The topological polar surface area (TPSA) is 63.7 Å². The van der Waals surface area contributed by atoms with Gasteiger partial charge in [0.1, 0.15) is 11.6 Å². The minimum Gasteiger partial charge on any atom is -0.420 e. The maximum absolute atomic E-state index is 8.97. The number of aryl methyl sites for hydroxylation is 3.